The number of primary amides is 1. The Balaban J connectivity index is 2.94. The highest BCUT2D eigenvalue weighted by atomic mass is 79.9. The van der Waals surface area contributed by atoms with Crippen molar-refractivity contribution in [3.05, 3.63) is 15.9 Å². The van der Waals surface area contributed by atoms with Gasteiger partial charge in [0.25, 0.3) is 0 Å². The normalized spacial score (nSPS) is 12.8. The van der Waals surface area contributed by atoms with Crippen LogP contribution in [0.3, 0.4) is 0 Å². The van der Waals surface area contributed by atoms with E-state index >= 15 is 0 Å². The van der Waals surface area contributed by atoms with Crippen LogP contribution in [0.5, 0.6) is 0 Å². The monoisotopic (exact) mass is 274 g/mol. The van der Waals surface area contributed by atoms with Crippen molar-refractivity contribution in [1.29, 1.82) is 0 Å². The third kappa shape index (κ3) is 2.57. The zero-order valence-corrected chi connectivity index (χ0v) is 10.4. The van der Waals surface area contributed by atoms with Crippen molar-refractivity contribution in [1.82, 2.24) is 9.78 Å². The van der Waals surface area contributed by atoms with E-state index in [0.717, 1.165) is 22.3 Å². The average Bonchev–Trinajstić information content (AvgIpc) is 2.44. The highest BCUT2D eigenvalue weighted by molar-refractivity contribution is 9.10. The van der Waals surface area contributed by atoms with Crippen LogP contribution in [-0.4, -0.2) is 21.7 Å². The average molecular weight is 275 g/mol. The molecule has 0 radical (unpaired) electrons. The molecule has 0 saturated heterocycles. The predicted molar refractivity (Wildman–Crippen MR) is 61.2 cm³/mol. The van der Waals surface area contributed by atoms with E-state index in [-0.39, 0.29) is 0 Å². The number of aromatic nitrogens is 2. The first kappa shape index (κ1) is 12.2. The fourth-order valence-corrected chi connectivity index (χ4v) is 2.13. The smallest absolute Gasteiger partial charge is 0.234 e. The van der Waals surface area contributed by atoms with Gasteiger partial charge < -0.3 is 11.5 Å². The lowest BCUT2D eigenvalue weighted by molar-refractivity contribution is -0.119. The number of nitrogens with zero attached hydrogens (tertiary/aromatic N) is 2. The lowest BCUT2D eigenvalue weighted by atomic mass is 10.1. The van der Waals surface area contributed by atoms with Gasteiger partial charge in [-0.15, -0.1) is 0 Å². The highest BCUT2D eigenvalue weighted by Crippen LogP contribution is 2.22. The molecule has 5 nitrogen and oxygen atoms in total. The fraction of sp³-hybridized carbons (Fsp3) is 0.556. The molecule has 0 bridgehead atoms. The van der Waals surface area contributed by atoms with Crippen molar-refractivity contribution in [2.24, 2.45) is 18.5 Å². The minimum absolute atomic E-state index is 0.402. The van der Waals surface area contributed by atoms with Gasteiger partial charge in [-0.3, -0.25) is 9.48 Å². The molecule has 0 aliphatic carbocycles. The Bertz CT molecular complexity index is 374. The summed E-state index contributed by atoms with van der Waals surface area (Å²) in [6.45, 7) is 2.02. The maximum absolute atomic E-state index is 10.9. The first-order valence-corrected chi connectivity index (χ1v) is 5.51. The third-order valence-electron chi connectivity index (χ3n) is 2.28. The van der Waals surface area contributed by atoms with Crippen LogP contribution in [0.25, 0.3) is 0 Å². The largest absolute Gasteiger partial charge is 0.368 e. The van der Waals surface area contributed by atoms with Crippen molar-refractivity contribution in [2.75, 3.05) is 0 Å². The molecule has 4 N–H and O–H groups in total. The number of halogens is 1. The Kier molecular flexibility index (Phi) is 3.87. The molecule has 1 unspecified atom stereocenters. The number of amides is 1. The van der Waals surface area contributed by atoms with E-state index < -0.39 is 11.9 Å². The number of nitrogens with two attached hydrogens (primary N) is 2. The summed E-state index contributed by atoms with van der Waals surface area (Å²) >= 11 is 3.45. The first-order chi connectivity index (χ1) is 6.97. The summed E-state index contributed by atoms with van der Waals surface area (Å²) in [4.78, 5) is 10.9. The molecule has 6 heteroatoms. The van der Waals surface area contributed by atoms with E-state index in [1.807, 2.05) is 14.0 Å². The molecule has 0 aromatic carbocycles. The Morgan fingerprint density at radius 1 is 1.67 bits per heavy atom. The molecular weight excluding hydrogens is 260 g/mol. The van der Waals surface area contributed by atoms with Crippen LogP contribution in [0, 0.1) is 0 Å². The molecule has 0 saturated carbocycles. The van der Waals surface area contributed by atoms with Gasteiger partial charge in [0.2, 0.25) is 5.91 Å². The minimum Gasteiger partial charge on any atom is -0.368 e. The van der Waals surface area contributed by atoms with Gasteiger partial charge in [-0.2, -0.15) is 5.10 Å². The van der Waals surface area contributed by atoms with E-state index in [9.17, 15) is 4.79 Å². The molecule has 1 atom stereocenters. The molecule has 0 aliphatic heterocycles. The van der Waals surface area contributed by atoms with Crippen LogP contribution in [0.15, 0.2) is 4.47 Å². The van der Waals surface area contributed by atoms with Crippen molar-refractivity contribution >= 4 is 21.8 Å². The lowest BCUT2D eigenvalue weighted by Crippen LogP contribution is -2.38. The molecule has 1 rings (SSSR count). The quantitative estimate of drug-likeness (QED) is 0.817. The fourth-order valence-electron chi connectivity index (χ4n) is 1.35. The maximum Gasteiger partial charge on any atom is 0.234 e. The summed E-state index contributed by atoms with van der Waals surface area (Å²) in [5, 5.41) is 4.30. The van der Waals surface area contributed by atoms with Gasteiger partial charge >= 0.3 is 0 Å². The Labute approximate surface area is 96.9 Å². The second-order valence-corrected chi connectivity index (χ2v) is 4.19. The molecular formula is C9H15BrN4O. The van der Waals surface area contributed by atoms with Gasteiger partial charge in [0.1, 0.15) is 0 Å². The van der Waals surface area contributed by atoms with Crippen LogP contribution in [0.2, 0.25) is 0 Å². The van der Waals surface area contributed by atoms with Gasteiger partial charge in [0, 0.05) is 13.5 Å². The van der Waals surface area contributed by atoms with E-state index in [0.29, 0.717) is 6.42 Å². The van der Waals surface area contributed by atoms with E-state index in [2.05, 4.69) is 21.0 Å². The van der Waals surface area contributed by atoms with Crippen LogP contribution >= 0.6 is 15.9 Å². The molecule has 0 aliphatic rings. The number of rotatable bonds is 4. The Morgan fingerprint density at radius 2 is 2.27 bits per heavy atom. The number of carbonyl (C=O) groups excluding carboxylic acids is 1. The summed E-state index contributed by atoms with van der Waals surface area (Å²) in [5.41, 5.74) is 12.6. The number of hydrogen-bond acceptors (Lipinski definition) is 3. The van der Waals surface area contributed by atoms with E-state index in [4.69, 9.17) is 11.5 Å². The molecule has 1 aromatic rings. The molecule has 15 heavy (non-hydrogen) atoms. The summed E-state index contributed by atoms with van der Waals surface area (Å²) in [6.07, 6.45) is 1.24. The molecule has 1 heterocycles. The Hall–Kier alpha value is -0.880. The van der Waals surface area contributed by atoms with Crippen molar-refractivity contribution in [3.63, 3.8) is 0 Å². The maximum atomic E-state index is 10.9. The summed E-state index contributed by atoms with van der Waals surface area (Å²) in [7, 11) is 1.83. The summed E-state index contributed by atoms with van der Waals surface area (Å²) < 4.78 is 2.65. The zero-order valence-electron chi connectivity index (χ0n) is 8.83. The zero-order chi connectivity index (χ0) is 11.6. The van der Waals surface area contributed by atoms with Gasteiger partial charge in [0.15, 0.2) is 0 Å². The van der Waals surface area contributed by atoms with E-state index in [1.165, 1.54) is 0 Å². The van der Waals surface area contributed by atoms with Gasteiger partial charge in [-0.05, 0) is 22.4 Å². The topological polar surface area (TPSA) is 86.9 Å². The van der Waals surface area contributed by atoms with Gasteiger partial charge in [-0.25, -0.2) is 0 Å². The van der Waals surface area contributed by atoms with Gasteiger partial charge in [0.05, 0.1) is 21.9 Å². The van der Waals surface area contributed by atoms with Gasteiger partial charge in [-0.1, -0.05) is 6.92 Å². The van der Waals surface area contributed by atoms with Crippen LogP contribution in [-0.2, 0) is 24.7 Å². The molecule has 0 spiro atoms. The van der Waals surface area contributed by atoms with Crippen LogP contribution in [0.1, 0.15) is 18.3 Å². The first-order valence-electron chi connectivity index (χ1n) is 4.72. The van der Waals surface area contributed by atoms with E-state index in [1.54, 1.807) is 4.68 Å². The number of hydrogen-bond donors (Lipinski definition) is 2. The SMILES string of the molecule is CCc1nn(C)c(CC(N)C(N)=O)c1Br. The summed E-state index contributed by atoms with van der Waals surface area (Å²) in [5.74, 6) is -0.499. The van der Waals surface area contributed by atoms with Crippen LogP contribution in [0.4, 0.5) is 0 Å². The highest BCUT2D eigenvalue weighted by Gasteiger charge is 2.18. The lowest BCUT2D eigenvalue weighted by Gasteiger charge is -2.07. The number of carbonyl (C=O) groups is 1. The molecule has 84 valence electrons. The second-order valence-electron chi connectivity index (χ2n) is 3.40. The number of aryl methyl sites for hydroxylation is 2. The molecule has 0 fully saturated rings. The van der Waals surface area contributed by atoms with Crippen molar-refractivity contribution in [2.45, 2.75) is 25.8 Å². The standard InChI is InChI=1S/C9H15BrN4O/c1-3-6-8(10)7(14(2)13-6)4-5(11)9(12)15/h5H,3-4,11H2,1-2H3,(H2,12,15). The molecule has 1 aromatic heterocycles. The van der Waals surface area contributed by atoms with Crippen molar-refractivity contribution < 1.29 is 4.79 Å². The van der Waals surface area contributed by atoms with Crippen LogP contribution < -0.4 is 11.5 Å². The predicted octanol–water partition coefficient (Wildman–Crippen LogP) is 0.100. The molecule has 1 amide bonds. The summed E-state index contributed by atoms with van der Waals surface area (Å²) in [6, 6.07) is -0.665. The third-order valence-corrected chi connectivity index (χ3v) is 3.20. The second kappa shape index (κ2) is 4.76. The Morgan fingerprint density at radius 3 is 2.67 bits per heavy atom. The minimum atomic E-state index is -0.665. The van der Waals surface area contributed by atoms with Crippen molar-refractivity contribution in [3.8, 4) is 0 Å².